The van der Waals surface area contributed by atoms with E-state index in [4.69, 9.17) is 9.47 Å². The summed E-state index contributed by atoms with van der Waals surface area (Å²) >= 11 is 0. The van der Waals surface area contributed by atoms with Gasteiger partial charge < -0.3 is 20.1 Å². The predicted molar refractivity (Wildman–Crippen MR) is 86.7 cm³/mol. The van der Waals surface area contributed by atoms with Gasteiger partial charge in [0.1, 0.15) is 0 Å². The second-order valence-corrected chi connectivity index (χ2v) is 5.49. The Kier molecular flexibility index (Phi) is 6.07. The van der Waals surface area contributed by atoms with E-state index in [0.29, 0.717) is 36.3 Å². The molecule has 5 nitrogen and oxygen atoms in total. The van der Waals surface area contributed by atoms with Crippen LogP contribution in [0.25, 0.3) is 0 Å². The summed E-state index contributed by atoms with van der Waals surface area (Å²) in [5, 5.41) is 6.49. The number of benzene rings is 1. The highest BCUT2D eigenvalue weighted by atomic mass is 16.5. The van der Waals surface area contributed by atoms with E-state index in [1.807, 2.05) is 13.8 Å². The molecule has 2 unspecified atom stereocenters. The van der Waals surface area contributed by atoms with Crippen molar-refractivity contribution in [3.05, 3.63) is 23.8 Å². The zero-order chi connectivity index (χ0) is 15.9. The highest BCUT2D eigenvalue weighted by molar-refractivity contribution is 5.95. The number of hydrogen-bond acceptors (Lipinski definition) is 4. The van der Waals surface area contributed by atoms with E-state index >= 15 is 0 Å². The van der Waals surface area contributed by atoms with E-state index < -0.39 is 0 Å². The molecule has 2 N–H and O–H groups in total. The maximum absolute atomic E-state index is 12.4. The molecule has 1 aromatic carbocycles. The maximum atomic E-state index is 12.4. The third-order valence-corrected chi connectivity index (χ3v) is 3.88. The lowest BCUT2D eigenvalue weighted by Gasteiger charge is -2.30. The molecule has 2 atom stereocenters. The standard InChI is InChI=1S/C17H26N2O3/c1-4-21-15-9-8-13(11-16(15)22-5-2)17(20)19-14-7-6-10-18-12(14)3/h8-9,11-12,14,18H,4-7,10H2,1-3H3,(H,19,20). The van der Waals surface area contributed by atoms with Gasteiger partial charge in [0.25, 0.3) is 5.91 Å². The molecule has 1 aromatic rings. The smallest absolute Gasteiger partial charge is 0.251 e. The monoisotopic (exact) mass is 306 g/mol. The van der Waals surface area contributed by atoms with Crippen LogP contribution in [-0.4, -0.2) is 37.7 Å². The third kappa shape index (κ3) is 4.13. The van der Waals surface area contributed by atoms with Gasteiger partial charge in [0.05, 0.1) is 13.2 Å². The second-order valence-electron chi connectivity index (χ2n) is 5.49. The van der Waals surface area contributed by atoms with E-state index in [1.165, 1.54) is 0 Å². The molecule has 0 radical (unpaired) electrons. The first-order chi connectivity index (χ1) is 10.7. The fourth-order valence-corrected chi connectivity index (χ4v) is 2.69. The summed E-state index contributed by atoms with van der Waals surface area (Å²) in [5.41, 5.74) is 0.602. The largest absolute Gasteiger partial charge is 0.490 e. The number of amides is 1. The molecule has 1 fully saturated rings. The number of carbonyl (C=O) groups excluding carboxylic acids is 1. The first kappa shape index (κ1) is 16.6. The van der Waals surface area contributed by atoms with Crippen LogP contribution >= 0.6 is 0 Å². The van der Waals surface area contributed by atoms with Crippen molar-refractivity contribution in [2.75, 3.05) is 19.8 Å². The number of hydrogen-bond donors (Lipinski definition) is 2. The number of rotatable bonds is 6. The van der Waals surface area contributed by atoms with Crippen molar-refractivity contribution >= 4 is 5.91 Å². The molecule has 5 heteroatoms. The zero-order valence-corrected chi connectivity index (χ0v) is 13.6. The van der Waals surface area contributed by atoms with Crippen molar-refractivity contribution in [1.82, 2.24) is 10.6 Å². The van der Waals surface area contributed by atoms with Crippen molar-refractivity contribution in [1.29, 1.82) is 0 Å². The van der Waals surface area contributed by atoms with Crippen LogP contribution in [0.3, 0.4) is 0 Å². The normalized spacial score (nSPS) is 21.2. The molecule has 1 aliphatic heterocycles. The Balaban J connectivity index is 2.09. The number of carbonyl (C=O) groups is 1. The minimum Gasteiger partial charge on any atom is -0.490 e. The van der Waals surface area contributed by atoms with Crippen LogP contribution in [0.2, 0.25) is 0 Å². The van der Waals surface area contributed by atoms with Crippen molar-refractivity contribution in [3.8, 4) is 11.5 Å². The number of piperidine rings is 1. The summed E-state index contributed by atoms with van der Waals surface area (Å²) in [6, 6.07) is 5.80. The molecule has 0 saturated carbocycles. The molecule has 22 heavy (non-hydrogen) atoms. The van der Waals surface area contributed by atoms with Gasteiger partial charge in [-0.05, 0) is 58.4 Å². The lowest BCUT2D eigenvalue weighted by molar-refractivity contribution is 0.0919. The lowest BCUT2D eigenvalue weighted by atomic mass is 9.99. The Morgan fingerprint density at radius 3 is 2.68 bits per heavy atom. The van der Waals surface area contributed by atoms with E-state index in [9.17, 15) is 4.79 Å². The van der Waals surface area contributed by atoms with Gasteiger partial charge >= 0.3 is 0 Å². The number of ether oxygens (including phenoxy) is 2. The molecule has 1 saturated heterocycles. The quantitative estimate of drug-likeness (QED) is 0.847. The maximum Gasteiger partial charge on any atom is 0.251 e. The molecule has 122 valence electrons. The van der Waals surface area contributed by atoms with Gasteiger partial charge in [0.2, 0.25) is 0 Å². The third-order valence-electron chi connectivity index (χ3n) is 3.88. The fourth-order valence-electron chi connectivity index (χ4n) is 2.69. The summed E-state index contributed by atoms with van der Waals surface area (Å²) in [5.74, 6) is 1.23. The van der Waals surface area contributed by atoms with Gasteiger partial charge in [-0.1, -0.05) is 0 Å². The van der Waals surface area contributed by atoms with E-state index in [2.05, 4.69) is 17.6 Å². The van der Waals surface area contributed by atoms with E-state index in [1.54, 1.807) is 18.2 Å². The van der Waals surface area contributed by atoms with Crippen LogP contribution in [0, 0.1) is 0 Å². The molecule has 0 bridgehead atoms. The molecule has 1 amide bonds. The first-order valence-electron chi connectivity index (χ1n) is 8.09. The van der Waals surface area contributed by atoms with Crippen LogP contribution in [0.4, 0.5) is 0 Å². The van der Waals surface area contributed by atoms with Crippen molar-refractivity contribution in [2.45, 2.75) is 45.7 Å². The summed E-state index contributed by atoms with van der Waals surface area (Å²) in [4.78, 5) is 12.4. The molecular formula is C17H26N2O3. The van der Waals surface area contributed by atoms with Crippen molar-refractivity contribution in [3.63, 3.8) is 0 Å². The Morgan fingerprint density at radius 2 is 2.00 bits per heavy atom. The molecule has 1 aliphatic rings. The highest BCUT2D eigenvalue weighted by Gasteiger charge is 2.23. The van der Waals surface area contributed by atoms with Crippen molar-refractivity contribution in [2.24, 2.45) is 0 Å². The van der Waals surface area contributed by atoms with Crippen LogP contribution in [0.1, 0.15) is 44.0 Å². The summed E-state index contributed by atoms with van der Waals surface area (Å²) in [6.07, 6.45) is 2.10. The van der Waals surface area contributed by atoms with Gasteiger partial charge in [0.15, 0.2) is 11.5 Å². The Labute approximate surface area is 132 Å². The number of nitrogens with one attached hydrogen (secondary N) is 2. The summed E-state index contributed by atoms with van der Waals surface area (Å²) < 4.78 is 11.1. The zero-order valence-electron chi connectivity index (χ0n) is 13.6. The van der Waals surface area contributed by atoms with Gasteiger partial charge in [-0.15, -0.1) is 0 Å². The van der Waals surface area contributed by atoms with Gasteiger partial charge in [-0.3, -0.25) is 4.79 Å². The Morgan fingerprint density at radius 1 is 1.27 bits per heavy atom. The van der Waals surface area contributed by atoms with Gasteiger partial charge in [0, 0.05) is 17.6 Å². The molecular weight excluding hydrogens is 280 g/mol. The summed E-state index contributed by atoms with van der Waals surface area (Å²) in [6.45, 7) is 8.07. The van der Waals surface area contributed by atoms with E-state index in [-0.39, 0.29) is 11.9 Å². The highest BCUT2D eigenvalue weighted by Crippen LogP contribution is 2.28. The average molecular weight is 306 g/mol. The molecule has 1 heterocycles. The van der Waals surface area contributed by atoms with Crippen LogP contribution in [0.5, 0.6) is 11.5 Å². The fraction of sp³-hybridized carbons (Fsp3) is 0.588. The lowest BCUT2D eigenvalue weighted by Crippen LogP contribution is -2.51. The Bertz CT molecular complexity index is 505. The predicted octanol–water partition coefficient (Wildman–Crippen LogP) is 2.35. The summed E-state index contributed by atoms with van der Waals surface area (Å²) in [7, 11) is 0. The van der Waals surface area contributed by atoms with Crippen LogP contribution in [-0.2, 0) is 0 Å². The molecule has 0 aliphatic carbocycles. The second kappa shape index (κ2) is 8.03. The van der Waals surface area contributed by atoms with Crippen molar-refractivity contribution < 1.29 is 14.3 Å². The van der Waals surface area contributed by atoms with E-state index in [0.717, 1.165) is 19.4 Å². The van der Waals surface area contributed by atoms with Gasteiger partial charge in [-0.25, -0.2) is 0 Å². The average Bonchev–Trinajstić information content (AvgIpc) is 2.51. The van der Waals surface area contributed by atoms with Crippen LogP contribution in [0.15, 0.2) is 18.2 Å². The first-order valence-corrected chi connectivity index (χ1v) is 8.09. The molecule has 2 rings (SSSR count). The molecule has 0 spiro atoms. The SMILES string of the molecule is CCOc1ccc(C(=O)NC2CCCNC2C)cc1OCC. The Hall–Kier alpha value is -1.75. The minimum absolute atomic E-state index is 0.0652. The van der Waals surface area contributed by atoms with Crippen LogP contribution < -0.4 is 20.1 Å². The minimum atomic E-state index is -0.0652. The topological polar surface area (TPSA) is 59.6 Å². The molecule has 0 aromatic heterocycles. The van der Waals surface area contributed by atoms with Gasteiger partial charge in [-0.2, -0.15) is 0 Å².